The number of hydrogen-bond acceptors (Lipinski definition) is 6. The molecule has 2 aromatic heterocycles. The first-order valence-corrected chi connectivity index (χ1v) is 11.7. The lowest BCUT2D eigenvalue weighted by Crippen LogP contribution is -2.19. The number of thiazole rings is 1. The summed E-state index contributed by atoms with van der Waals surface area (Å²) in [5, 5.41) is 2.66. The van der Waals surface area contributed by atoms with Crippen molar-refractivity contribution >= 4 is 33.9 Å². The number of nitrogens with one attached hydrogen (secondary N) is 1. The topological polar surface area (TPSA) is 89.8 Å². The average molecular weight is 478 g/mol. The van der Waals surface area contributed by atoms with E-state index in [1.807, 2.05) is 0 Å². The minimum Gasteiger partial charge on any atom is -0.456 e. The first kappa shape index (κ1) is 22.0. The number of fused-ring (bicyclic) bond motifs is 3. The fourth-order valence-corrected chi connectivity index (χ4v) is 5.23. The first-order valence-electron chi connectivity index (χ1n) is 10.9. The number of ether oxygens (including phenoxy) is 1. The van der Waals surface area contributed by atoms with Crippen LogP contribution in [0.25, 0.3) is 4.96 Å². The molecule has 0 radical (unpaired) electrons. The lowest BCUT2D eigenvalue weighted by Gasteiger charge is -2.11. The summed E-state index contributed by atoms with van der Waals surface area (Å²) >= 11 is 1.51. The van der Waals surface area contributed by atoms with Gasteiger partial charge in [0, 0.05) is 22.2 Å². The summed E-state index contributed by atoms with van der Waals surface area (Å²) in [7, 11) is 0. The lowest BCUT2D eigenvalue weighted by atomic mass is 10.0. The highest BCUT2D eigenvalue weighted by molar-refractivity contribution is 7.17. The highest BCUT2D eigenvalue weighted by atomic mass is 32.1. The molecule has 172 valence electrons. The molecule has 9 heteroatoms. The monoisotopic (exact) mass is 477 g/mol. The highest BCUT2D eigenvalue weighted by Gasteiger charge is 2.20. The number of hydrogen-bond donors (Lipinski definition) is 1. The Balaban J connectivity index is 1.32. The summed E-state index contributed by atoms with van der Waals surface area (Å²) in [5.41, 5.74) is 1.89. The number of aromatic nitrogens is 2. The van der Waals surface area contributed by atoms with Gasteiger partial charge in [0.25, 0.3) is 11.5 Å². The van der Waals surface area contributed by atoms with Crippen molar-refractivity contribution in [3.63, 3.8) is 0 Å². The first-order chi connectivity index (χ1) is 16.5. The number of benzene rings is 2. The minimum atomic E-state index is -0.664. The Morgan fingerprint density at radius 1 is 1.09 bits per heavy atom. The number of rotatable bonds is 5. The molecule has 1 aliphatic carbocycles. The Hall–Kier alpha value is -3.85. The summed E-state index contributed by atoms with van der Waals surface area (Å²) in [5.74, 6) is -1.60. The predicted molar refractivity (Wildman–Crippen MR) is 126 cm³/mol. The number of amides is 1. The lowest BCUT2D eigenvalue weighted by molar-refractivity contribution is 0.0469. The molecule has 5 rings (SSSR count). The number of halogens is 1. The van der Waals surface area contributed by atoms with E-state index in [2.05, 4.69) is 10.3 Å². The van der Waals surface area contributed by atoms with Gasteiger partial charge in [-0.15, -0.1) is 11.3 Å². The van der Waals surface area contributed by atoms with Gasteiger partial charge in [0.1, 0.15) is 12.4 Å². The van der Waals surface area contributed by atoms with Crippen molar-refractivity contribution in [1.82, 2.24) is 9.38 Å². The van der Waals surface area contributed by atoms with Gasteiger partial charge in [-0.05, 0) is 62.1 Å². The molecule has 1 aliphatic rings. The second kappa shape index (κ2) is 9.18. The van der Waals surface area contributed by atoms with Crippen molar-refractivity contribution in [1.29, 1.82) is 0 Å². The summed E-state index contributed by atoms with van der Waals surface area (Å²) in [6, 6.07) is 12.9. The highest BCUT2D eigenvalue weighted by Crippen LogP contribution is 2.28. The zero-order valence-corrected chi connectivity index (χ0v) is 18.9. The van der Waals surface area contributed by atoms with Crippen molar-refractivity contribution in [2.24, 2.45) is 0 Å². The van der Waals surface area contributed by atoms with Crippen LogP contribution >= 0.6 is 11.3 Å². The van der Waals surface area contributed by atoms with E-state index in [1.165, 1.54) is 52.6 Å². The fraction of sp³-hybridized carbons (Fsp3) is 0.200. The van der Waals surface area contributed by atoms with Crippen LogP contribution in [-0.2, 0) is 24.2 Å². The van der Waals surface area contributed by atoms with E-state index in [-0.39, 0.29) is 29.0 Å². The van der Waals surface area contributed by atoms with Gasteiger partial charge in [0.2, 0.25) is 0 Å². The van der Waals surface area contributed by atoms with E-state index in [1.54, 1.807) is 22.6 Å². The molecule has 34 heavy (non-hydrogen) atoms. The van der Waals surface area contributed by atoms with E-state index in [0.717, 1.165) is 31.4 Å². The molecular weight excluding hydrogens is 457 g/mol. The molecule has 7 nitrogen and oxygen atoms in total. The zero-order chi connectivity index (χ0) is 23.7. The smallest absolute Gasteiger partial charge is 0.340 e. The van der Waals surface area contributed by atoms with Crippen LogP contribution in [0.1, 0.15) is 49.8 Å². The number of esters is 1. The van der Waals surface area contributed by atoms with Crippen LogP contribution in [0.5, 0.6) is 0 Å². The quantitative estimate of drug-likeness (QED) is 0.431. The van der Waals surface area contributed by atoms with E-state index in [9.17, 15) is 18.8 Å². The summed E-state index contributed by atoms with van der Waals surface area (Å²) in [6.07, 6.45) is 3.98. The Labute approximate surface area is 197 Å². The average Bonchev–Trinajstić information content (AvgIpc) is 3.22. The van der Waals surface area contributed by atoms with Crippen molar-refractivity contribution in [3.05, 3.63) is 98.2 Å². The predicted octanol–water partition coefficient (Wildman–Crippen LogP) is 4.38. The SMILES string of the molecule is O=C(Nc1ccccc1C(=O)OCc1cc(=O)n2c3c(sc2n1)CCCC3)c1ccc(F)cc1. The maximum atomic E-state index is 13.1. The van der Waals surface area contributed by atoms with Gasteiger partial charge >= 0.3 is 5.97 Å². The van der Waals surface area contributed by atoms with E-state index >= 15 is 0 Å². The Bertz CT molecular complexity index is 1460. The van der Waals surface area contributed by atoms with Gasteiger partial charge in [-0.3, -0.25) is 14.0 Å². The summed E-state index contributed by atoms with van der Waals surface area (Å²) in [4.78, 5) is 44.3. The normalized spacial score (nSPS) is 12.9. The number of para-hydroxylation sites is 1. The van der Waals surface area contributed by atoms with Crippen molar-refractivity contribution in [3.8, 4) is 0 Å². The van der Waals surface area contributed by atoms with Gasteiger partial charge in [-0.2, -0.15) is 0 Å². The third kappa shape index (κ3) is 4.34. The van der Waals surface area contributed by atoms with Crippen LogP contribution in [0, 0.1) is 5.82 Å². The van der Waals surface area contributed by atoms with Crippen LogP contribution in [-0.4, -0.2) is 21.3 Å². The second-order valence-corrected chi connectivity index (χ2v) is 9.03. The fourth-order valence-electron chi connectivity index (χ4n) is 4.00. The summed E-state index contributed by atoms with van der Waals surface area (Å²) in [6.45, 7) is -0.173. The molecule has 0 unspecified atom stereocenters. The minimum absolute atomic E-state index is 0.155. The summed E-state index contributed by atoms with van der Waals surface area (Å²) < 4.78 is 20.2. The van der Waals surface area contributed by atoms with Gasteiger partial charge < -0.3 is 10.1 Å². The number of anilines is 1. The van der Waals surface area contributed by atoms with Crippen LogP contribution < -0.4 is 10.9 Å². The van der Waals surface area contributed by atoms with Crippen LogP contribution in [0.4, 0.5) is 10.1 Å². The molecule has 1 amide bonds. The molecule has 0 saturated heterocycles. The van der Waals surface area contributed by atoms with Crippen LogP contribution in [0.15, 0.2) is 59.4 Å². The van der Waals surface area contributed by atoms with E-state index < -0.39 is 17.7 Å². The molecule has 0 fully saturated rings. The standard InChI is InChI=1S/C25H20FN3O4S/c26-16-11-9-15(10-12-16)23(31)28-19-6-2-1-5-18(19)24(32)33-14-17-13-22(30)29-20-7-3-4-8-21(20)34-25(29)27-17/h1-2,5-6,9-13H,3-4,7-8,14H2,(H,28,31). The van der Waals surface area contributed by atoms with Crippen LogP contribution in [0.3, 0.4) is 0 Å². The van der Waals surface area contributed by atoms with Crippen molar-refractivity contribution in [2.75, 3.05) is 5.32 Å². The maximum absolute atomic E-state index is 13.1. The number of aryl methyl sites for hydroxylation is 2. The molecule has 0 spiro atoms. The number of nitrogens with zero attached hydrogens (tertiary/aromatic N) is 2. The van der Waals surface area contributed by atoms with Crippen molar-refractivity contribution < 1.29 is 18.7 Å². The zero-order valence-electron chi connectivity index (χ0n) is 18.0. The van der Waals surface area contributed by atoms with Gasteiger partial charge in [-0.25, -0.2) is 14.2 Å². The molecule has 0 bridgehead atoms. The molecule has 2 heterocycles. The van der Waals surface area contributed by atoms with E-state index in [0.29, 0.717) is 10.7 Å². The molecule has 2 aromatic carbocycles. The van der Waals surface area contributed by atoms with Crippen LogP contribution in [0.2, 0.25) is 0 Å². The number of carbonyl (C=O) groups is 2. The van der Waals surface area contributed by atoms with Gasteiger partial charge in [0.05, 0.1) is 16.9 Å². The Morgan fingerprint density at radius 2 is 1.85 bits per heavy atom. The third-order valence-electron chi connectivity index (χ3n) is 5.67. The molecule has 1 N–H and O–H groups in total. The Kier molecular flexibility index (Phi) is 5.93. The molecule has 4 aromatic rings. The molecule has 0 saturated carbocycles. The maximum Gasteiger partial charge on any atom is 0.340 e. The van der Waals surface area contributed by atoms with Gasteiger partial charge in [-0.1, -0.05) is 12.1 Å². The molecule has 0 aliphatic heterocycles. The Morgan fingerprint density at radius 3 is 2.68 bits per heavy atom. The molecular formula is C25H20FN3O4S. The van der Waals surface area contributed by atoms with Gasteiger partial charge in [0.15, 0.2) is 4.96 Å². The number of carbonyl (C=O) groups excluding carboxylic acids is 2. The largest absolute Gasteiger partial charge is 0.456 e. The van der Waals surface area contributed by atoms with E-state index in [4.69, 9.17) is 4.74 Å². The second-order valence-electron chi connectivity index (χ2n) is 7.97. The van der Waals surface area contributed by atoms with Crippen molar-refractivity contribution in [2.45, 2.75) is 32.3 Å². The third-order valence-corrected chi connectivity index (χ3v) is 6.81. The molecule has 0 atom stereocenters.